The minimum atomic E-state index is -0.265. The lowest BCUT2D eigenvalue weighted by atomic mass is 10.1. The maximum absolute atomic E-state index is 12.5. The maximum Gasteiger partial charge on any atom is 0.258 e. The van der Waals surface area contributed by atoms with Gasteiger partial charge in [0, 0.05) is 6.54 Å². The molecule has 1 heterocycles. The number of hydrogen-bond donors (Lipinski definition) is 1. The zero-order chi connectivity index (χ0) is 23.9. The summed E-state index contributed by atoms with van der Waals surface area (Å²) in [7, 11) is 0. The van der Waals surface area contributed by atoms with Crippen LogP contribution in [-0.2, 0) is 11.3 Å². The lowest BCUT2D eigenvalue weighted by molar-refractivity contribution is -0.123. The van der Waals surface area contributed by atoms with Gasteiger partial charge in [-0.15, -0.1) is 0 Å². The number of carbonyl (C=O) groups is 1. The van der Waals surface area contributed by atoms with Crippen LogP contribution in [0.25, 0.3) is 11.0 Å². The molecule has 1 aromatic heterocycles. The highest BCUT2D eigenvalue weighted by molar-refractivity contribution is 5.79. The molecule has 0 spiro atoms. The van der Waals surface area contributed by atoms with E-state index in [1.54, 1.807) is 0 Å². The molecule has 6 nitrogen and oxygen atoms in total. The number of benzene rings is 3. The molecule has 0 bridgehead atoms. The molecule has 4 rings (SSSR count). The number of amides is 1. The summed E-state index contributed by atoms with van der Waals surface area (Å²) in [5.74, 6) is 2.23. The number of aromatic nitrogens is 2. The van der Waals surface area contributed by atoms with E-state index in [-0.39, 0.29) is 18.6 Å². The van der Waals surface area contributed by atoms with Crippen molar-refractivity contribution in [3.63, 3.8) is 0 Å². The van der Waals surface area contributed by atoms with E-state index in [0.717, 1.165) is 41.1 Å². The average Bonchev–Trinajstić information content (AvgIpc) is 3.22. The molecule has 176 valence electrons. The minimum absolute atomic E-state index is 0.0434. The van der Waals surface area contributed by atoms with Gasteiger partial charge in [-0.05, 0) is 68.7 Å². The first-order valence-electron chi connectivity index (χ1n) is 11.6. The van der Waals surface area contributed by atoms with Crippen LogP contribution in [0.5, 0.6) is 11.5 Å². The molecule has 1 atom stereocenters. The third kappa shape index (κ3) is 5.76. The molecule has 6 heteroatoms. The van der Waals surface area contributed by atoms with Crippen LogP contribution < -0.4 is 14.8 Å². The number of aryl methyl sites for hydroxylation is 3. The van der Waals surface area contributed by atoms with E-state index in [2.05, 4.69) is 48.0 Å². The Kier molecular flexibility index (Phi) is 7.48. The molecule has 0 fully saturated rings. The van der Waals surface area contributed by atoms with Gasteiger partial charge in [0.25, 0.3) is 5.91 Å². The summed E-state index contributed by atoms with van der Waals surface area (Å²) in [6, 6.07) is 23.3. The summed E-state index contributed by atoms with van der Waals surface area (Å²) in [5, 5.41) is 3.02. The van der Waals surface area contributed by atoms with Gasteiger partial charge in [0.1, 0.15) is 17.3 Å². The van der Waals surface area contributed by atoms with Gasteiger partial charge < -0.3 is 19.4 Å². The van der Waals surface area contributed by atoms with Crippen molar-refractivity contribution in [2.45, 2.75) is 39.8 Å². The number of fused-ring (bicyclic) bond motifs is 1. The van der Waals surface area contributed by atoms with Crippen molar-refractivity contribution in [3.8, 4) is 11.5 Å². The Morgan fingerprint density at radius 3 is 2.59 bits per heavy atom. The van der Waals surface area contributed by atoms with Gasteiger partial charge in [0.05, 0.1) is 23.7 Å². The van der Waals surface area contributed by atoms with Gasteiger partial charge in [0.2, 0.25) is 0 Å². The summed E-state index contributed by atoms with van der Waals surface area (Å²) in [6.45, 7) is 7.37. The van der Waals surface area contributed by atoms with Gasteiger partial charge in [-0.1, -0.05) is 42.5 Å². The Bertz CT molecular complexity index is 1250. The maximum atomic E-state index is 12.5. The average molecular weight is 458 g/mol. The summed E-state index contributed by atoms with van der Waals surface area (Å²) in [6.07, 6.45) is 0.818. The van der Waals surface area contributed by atoms with Crippen molar-refractivity contribution < 1.29 is 14.3 Å². The first-order chi connectivity index (χ1) is 16.5. The highest BCUT2D eigenvalue weighted by Gasteiger charge is 2.18. The molecule has 0 radical (unpaired) electrons. The normalized spacial score (nSPS) is 11.9. The molecule has 0 aliphatic heterocycles. The fourth-order valence-electron chi connectivity index (χ4n) is 3.94. The fraction of sp³-hybridized carbons (Fsp3) is 0.286. The van der Waals surface area contributed by atoms with Gasteiger partial charge in [0.15, 0.2) is 6.61 Å². The largest absolute Gasteiger partial charge is 0.493 e. The number of hydrogen-bond acceptors (Lipinski definition) is 4. The van der Waals surface area contributed by atoms with Crippen molar-refractivity contribution in [3.05, 3.63) is 89.7 Å². The number of ether oxygens (including phenoxy) is 2. The number of carbonyl (C=O) groups excluding carboxylic acids is 1. The summed E-state index contributed by atoms with van der Waals surface area (Å²) < 4.78 is 13.8. The lowest BCUT2D eigenvalue weighted by Crippen LogP contribution is -2.32. The number of nitrogens with one attached hydrogen (secondary N) is 1. The monoisotopic (exact) mass is 457 g/mol. The van der Waals surface area contributed by atoms with Crippen LogP contribution in [0.2, 0.25) is 0 Å². The smallest absolute Gasteiger partial charge is 0.258 e. The first kappa shape index (κ1) is 23.4. The quantitative estimate of drug-likeness (QED) is 0.325. The second-order valence-electron chi connectivity index (χ2n) is 8.47. The first-order valence-corrected chi connectivity index (χ1v) is 11.6. The molecular formula is C28H31N3O3. The van der Waals surface area contributed by atoms with Gasteiger partial charge in [-0.25, -0.2) is 4.98 Å². The van der Waals surface area contributed by atoms with Crippen LogP contribution in [0.4, 0.5) is 0 Å². The highest BCUT2D eigenvalue weighted by Crippen LogP contribution is 2.22. The van der Waals surface area contributed by atoms with Crippen LogP contribution >= 0.6 is 0 Å². The van der Waals surface area contributed by atoms with Crippen LogP contribution in [0.1, 0.15) is 36.3 Å². The third-order valence-corrected chi connectivity index (χ3v) is 5.69. The molecular weight excluding hydrogens is 426 g/mol. The van der Waals surface area contributed by atoms with E-state index in [1.807, 2.05) is 55.5 Å². The van der Waals surface area contributed by atoms with Crippen LogP contribution in [0, 0.1) is 13.8 Å². The van der Waals surface area contributed by atoms with E-state index in [0.29, 0.717) is 12.4 Å². The zero-order valence-corrected chi connectivity index (χ0v) is 20.0. The van der Waals surface area contributed by atoms with E-state index in [4.69, 9.17) is 14.5 Å². The second kappa shape index (κ2) is 10.9. The molecule has 1 N–H and O–H groups in total. The predicted molar refractivity (Wildman–Crippen MR) is 134 cm³/mol. The number of nitrogens with zero attached hydrogens (tertiary/aromatic N) is 2. The Balaban J connectivity index is 1.40. The molecule has 1 amide bonds. The Labute approximate surface area is 200 Å². The number of imidazole rings is 1. The molecule has 1 unspecified atom stereocenters. The molecule has 0 saturated carbocycles. The molecule has 0 aliphatic rings. The van der Waals surface area contributed by atoms with Crippen molar-refractivity contribution in [2.75, 3.05) is 13.2 Å². The molecule has 34 heavy (non-hydrogen) atoms. The summed E-state index contributed by atoms with van der Waals surface area (Å²) in [4.78, 5) is 17.3. The Morgan fingerprint density at radius 2 is 1.76 bits per heavy atom. The van der Waals surface area contributed by atoms with Crippen molar-refractivity contribution in [2.24, 2.45) is 0 Å². The summed E-state index contributed by atoms with van der Waals surface area (Å²) in [5.41, 5.74) is 4.28. The van der Waals surface area contributed by atoms with E-state index < -0.39 is 0 Å². The SMILES string of the molecule is Cc1ccc(C)c(OCCCn2c(C(C)NC(=O)COc3ccccc3)nc3ccccc32)c1. The van der Waals surface area contributed by atoms with Crippen molar-refractivity contribution >= 4 is 16.9 Å². The van der Waals surface area contributed by atoms with Crippen molar-refractivity contribution in [1.82, 2.24) is 14.9 Å². The zero-order valence-electron chi connectivity index (χ0n) is 20.0. The van der Waals surface area contributed by atoms with Crippen LogP contribution in [-0.4, -0.2) is 28.7 Å². The third-order valence-electron chi connectivity index (χ3n) is 5.69. The Morgan fingerprint density at radius 1 is 1.00 bits per heavy atom. The van der Waals surface area contributed by atoms with E-state index in [1.165, 1.54) is 5.56 Å². The Hall–Kier alpha value is -3.80. The predicted octanol–water partition coefficient (Wildman–Crippen LogP) is 5.38. The molecule has 4 aromatic rings. The summed E-state index contributed by atoms with van der Waals surface area (Å²) >= 11 is 0. The molecule has 0 aliphatic carbocycles. The molecule has 3 aromatic carbocycles. The van der Waals surface area contributed by atoms with E-state index >= 15 is 0 Å². The standard InChI is InChI=1S/C28H31N3O3/c1-20-14-15-21(2)26(18-20)33-17-9-16-31-25-13-8-7-12-24(25)30-28(31)22(3)29-27(32)19-34-23-10-5-4-6-11-23/h4-8,10-15,18,22H,9,16-17,19H2,1-3H3,(H,29,32). The van der Waals surface area contributed by atoms with Gasteiger partial charge in [-0.2, -0.15) is 0 Å². The lowest BCUT2D eigenvalue weighted by Gasteiger charge is -2.17. The minimum Gasteiger partial charge on any atom is -0.493 e. The highest BCUT2D eigenvalue weighted by atomic mass is 16.5. The van der Waals surface area contributed by atoms with Crippen LogP contribution in [0.3, 0.4) is 0 Å². The fourth-order valence-corrected chi connectivity index (χ4v) is 3.94. The number of rotatable bonds is 10. The second-order valence-corrected chi connectivity index (χ2v) is 8.47. The topological polar surface area (TPSA) is 65.4 Å². The van der Waals surface area contributed by atoms with Crippen molar-refractivity contribution in [1.29, 1.82) is 0 Å². The van der Waals surface area contributed by atoms with Gasteiger partial charge in [-0.3, -0.25) is 4.79 Å². The van der Waals surface area contributed by atoms with Crippen LogP contribution in [0.15, 0.2) is 72.8 Å². The molecule has 0 saturated heterocycles. The van der Waals surface area contributed by atoms with Gasteiger partial charge >= 0.3 is 0 Å². The number of para-hydroxylation sites is 3. The van der Waals surface area contributed by atoms with E-state index in [9.17, 15) is 4.79 Å².